The Labute approximate surface area is 137 Å². The molecule has 2 aromatic rings. The van der Waals surface area contributed by atoms with Crippen molar-refractivity contribution in [3.63, 3.8) is 0 Å². The summed E-state index contributed by atoms with van der Waals surface area (Å²) in [6.07, 6.45) is 4.17. The molecule has 2 aliphatic rings. The number of H-pyrrole nitrogens is 1. The van der Waals surface area contributed by atoms with Gasteiger partial charge < -0.3 is 10.4 Å². The molecule has 2 aromatic heterocycles. The molecule has 3 N–H and O–H groups in total. The fraction of sp³-hybridized carbons (Fsp3) is 0.600. The van der Waals surface area contributed by atoms with Crippen molar-refractivity contribution in [1.82, 2.24) is 25.9 Å². The zero-order chi connectivity index (χ0) is 15.8. The number of aromatic amines is 1. The monoisotopic (exact) mass is 333 g/mol. The highest BCUT2D eigenvalue weighted by molar-refractivity contribution is 7.13. The molecule has 2 fully saturated rings. The fourth-order valence-corrected chi connectivity index (χ4v) is 4.92. The molecule has 4 atom stereocenters. The molecule has 1 saturated heterocycles. The van der Waals surface area contributed by atoms with Crippen LogP contribution in [-0.4, -0.2) is 44.3 Å². The minimum atomic E-state index is -0.722. The summed E-state index contributed by atoms with van der Waals surface area (Å²) < 4.78 is 0. The average molecular weight is 333 g/mol. The Morgan fingerprint density at radius 3 is 3.00 bits per heavy atom. The van der Waals surface area contributed by atoms with Crippen molar-refractivity contribution < 1.29 is 9.90 Å². The third-order valence-corrected chi connectivity index (χ3v) is 6.20. The molecule has 0 unspecified atom stereocenters. The molecule has 7 nitrogen and oxygen atoms in total. The van der Waals surface area contributed by atoms with Crippen LogP contribution in [0.15, 0.2) is 11.4 Å². The lowest BCUT2D eigenvalue weighted by atomic mass is 9.68. The zero-order valence-electron chi connectivity index (χ0n) is 12.6. The molecule has 1 aliphatic carbocycles. The number of nitrogens with one attached hydrogen (secondary N) is 2. The maximum Gasteiger partial charge on any atom is 0.320 e. The number of fused-ring (bicyclic) bond motifs is 1. The molecule has 0 spiro atoms. The molecule has 3 heterocycles. The van der Waals surface area contributed by atoms with Gasteiger partial charge in [0.25, 0.3) is 0 Å². The molecule has 0 amide bonds. The van der Waals surface area contributed by atoms with E-state index >= 15 is 0 Å². The highest BCUT2D eigenvalue weighted by atomic mass is 32.1. The summed E-state index contributed by atoms with van der Waals surface area (Å²) >= 11 is 1.64. The Morgan fingerprint density at radius 2 is 2.22 bits per heavy atom. The van der Waals surface area contributed by atoms with Gasteiger partial charge in [-0.2, -0.15) is 5.21 Å². The number of hydrogen-bond donors (Lipinski definition) is 3. The number of aliphatic carboxylic acids is 1. The van der Waals surface area contributed by atoms with Crippen LogP contribution in [0.4, 0.5) is 0 Å². The van der Waals surface area contributed by atoms with Crippen molar-refractivity contribution >= 4 is 17.3 Å². The van der Waals surface area contributed by atoms with Crippen LogP contribution in [0.1, 0.15) is 37.2 Å². The van der Waals surface area contributed by atoms with Gasteiger partial charge >= 0.3 is 5.97 Å². The van der Waals surface area contributed by atoms with Crippen LogP contribution in [0, 0.1) is 11.8 Å². The van der Waals surface area contributed by atoms with E-state index in [9.17, 15) is 9.90 Å². The first kappa shape index (κ1) is 14.8. The molecular weight excluding hydrogens is 314 g/mol. The van der Waals surface area contributed by atoms with Gasteiger partial charge in [-0.1, -0.05) is 0 Å². The molecule has 0 radical (unpaired) electrons. The van der Waals surface area contributed by atoms with E-state index in [1.54, 1.807) is 11.3 Å². The summed E-state index contributed by atoms with van der Waals surface area (Å²) in [4.78, 5) is 12.3. The minimum Gasteiger partial charge on any atom is -0.480 e. The molecule has 0 aromatic carbocycles. The van der Waals surface area contributed by atoms with Gasteiger partial charge in [0.05, 0.1) is 4.88 Å². The predicted octanol–water partition coefficient (Wildman–Crippen LogP) is 1.87. The van der Waals surface area contributed by atoms with Gasteiger partial charge in [-0.05, 0) is 72.2 Å². The highest BCUT2D eigenvalue weighted by Crippen LogP contribution is 2.44. The van der Waals surface area contributed by atoms with E-state index in [-0.39, 0.29) is 6.04 Å². The maximum atomic E-state index is 11.2. The van der Waals surface area contributed by atoms with Crippen LogP contribution < -0.4 is 5.32 Å². The number of nitrogens with zero attached hydrogens (tertiary/aromatic N) is 3. The van der Waals surface area contributed by atoms with Gasteiger partial charge in [0.2, 0.25) is 5.82 Å². The first-order chi connectivity index (χ1) is 11.2. The Kier molecular flexibility index (Phi) is 3.86. The second-order valence-electron chi connectivity index (χ2n) is 6.54. The van der Waals surface area contributed by atoms with Crippen LogP contribution >= 0.6 is 11.3 Å². The quantitative estimate of drug-likeness (QED) is 0.792. The topological polar surface area (TPSA) is 104 Å². The van der Waals surface area contributed by atoms with Gasteiger partial charge in [-0.15, -0.1) is 21.5 Å². The lowest BCUT2D eigenvalue weighted by Crippen LogP contribution is -2.49. The van der Waals surface area contributed by atoms with E-state index in [0.29, 0.717) is 23.6 Å². The maximum absolute atomic E-state index is 11.2. The standard InChI is InChI=1S/C15H19N5O2S/c21-15(22)12-4-10-3-8(1-2-9(10)6-16-12)11-5-13(23-7-11)14-17-19-20-18-14/h5,7-10,12,16H,1-4,6H2,(H,21,22)(H,17,18,19,20)/t8-,9-,10+,12-/m0/s1. The number of carbonyl (C=O) groups is 1. The van der Waals surface area contributed by atoms with E-state index in [1.165, 1.54) is 18.4 Å². The third kappa shape index (κ3) is 2.88. The number of tetrazole rings is 1. The normalized spacial score (nSPS) is 30.8. The van der Waals surface area contributed by atoms with Crippen molar-refractivity contribution in [3.8, 4) is 10.7 Å². The van der Waals surface area contributed by atoms with Crippen LogP contribution in [-0.2, 0) is 4.79 Å². The van der Waals surface area contributed by atoms with Gasteiger partial charge in [0.15, 0.2) is 0 Å². The molecule has 122 valence electrons. The minimum absolute atomic E-state index is 0.382. The van der Waals surface area contributed by atoms with E-state index in [2.05, 4.69) is 37.4 Å². The Hall–Kier alpha value is -1.80. The molecule has 8 heteroatoms. The van der Waals surface area contributed by atoms with Crippen LogP contribution in [0.2, 0.25) is 0 Å². The fourth-order valence-electron chi connectivity index (χ4n) is 4.00. The number of piperidine rings is 1. The second-order valence-corrected chi connectivity index (χ2v) is 7.46. The zero-order valence-corrected chi connectivity index (χ0v) is 13.4. The van der Waals surface area contributed by atoms with Crippen molar-refractivity contribution in [2.24, 2.45) is 11.8 Å². The number of carboxylic acid groups (broad SMARTS) is 1. The summed E-state index contributed by atoms with van der Waals surface area (Å²) in [5, 5.41) is 28.7. The first-order valence-corrected chi connectivity index (χ1v) is 8.87. The van der Waals surface area contributed by atoms with Crippen molar-refractivity contribution in [2.75, 3.05) is 6.54 Å². The van der Waals surface area contributed by atoms with Crippen molar-refractivity contribution in [2.45, 2.75) is 37.6 Å². The van der Waals surface area contributed by atoms with E-state index in [4.69, 9.17) is 0 Å². The summed E-state index contributed by atoms with van der Waals surface area (Å²) in [5.74, 6) is 1.56. The summed E-state index contributed by atoms with van der Waals surface area (Å²) in [5.41, 5.74) is 1.33. The van der Waals surface area contributed by atoms with Gasteiger partial charge in [0, 0.05) is 0 Å². The van der Waals surface area contributed by atoms with Crippen molar-refractivity contribution in [1.29, 1.82) is 0 Å². The molecule has 1 aliphatic heterocycles. The number of thiophene rings is 1. The summed E-state index contributed by atoms with van der Waals surface area (Å²) in [6.45, 7) is 0.839. The lowest BCUT2D eigenvalue weighted by molar-refractivity contribution is -0.141. The molecule has 1 saturated carbocycles. The summed E-state index contributed by atoms with van der Waals surface area (Å²) in [6, 6.07) is 1.78. The first-order valence-electron chi connectivity index (χ1n) is 7.99. The van der Waals surface area contributed by atoms with Crippen molar-refractivity contribution in [3.05, 3.63) is 17.0 Å². The molecule has 0 bridgehead atoms. The number of carboxylic acids is 1. The molecule has 4 rings (SSSR count). The Morgan fingerprint density at radius 1 is 1.30 bits per heavy atom. The highest BCUT2D eigenvalue weighted by Gasteiger charge is 2.38. The van der Waals surface area contributed by atoms with Gasteiger partial charge in [-0.3, -0.25) is 4.79 Å². The van der Waals surface area contributed by atoms with Crippen LogP contribution in [0.5, 0.6) is 0 Å². The van der Waals surface area contributed by atoms with Gasteiger partial charge in [-0.25, -0.2) is 0 Å². The average Bonchev–Trinajstić information content (AvgIpc) is 3.24. The largest absolute Gasteiger partial charge is 0.480 e. The number of aromatic nitrogens is 4. The third-order valence-electron chi connectivity index (χ3n) is 5.26. The number of rotatable bonds is 3. The van der Waals surface area contributed by atoms with E-state index < -0.39 is 5.97 Å². The summed E-state index contributed by atoms with van der Waals surface area (Å²) in [7, 11) is 0. The predicted molar refractivity (Wildman–Crippen MR) is 85.1 cm³/mol. The van der Waals surface area contributed by atoms with E-state index in [1.807, 2.05) is 0 Å². The number of hydrogen-bond acceptors (Lipinski definition) is 6. The van der Waals surface area contributed by atoms with Crippen LogP contribution in [0.3, 0.4) is 0 Å². The SMILES string of the molecule is O=C(O)[C@@H]1C[C@H]2C[C@@H](c3csc(-c4nn[nH]n4)c3)CC[C@H]2CN1. The Balaban J connectivity index is 1.47. The van der Waals surface area contributed by atoms with E-state index in [0.717, 1.165) is 24.3 Å². The lowest BCUT2D eigenvalue weighted by Gasteiger charge is -2.41. The Bertz CT molecular complexity index is 686. The van der Waals surface area contributed by atoms with Crippen LogP contribution in [0.25, 0.3) is 10.7 Å². The smallest absolute Gasteiger partial charge is 0.320 e. The second kappa shape index (κ2) is 6.01. The molecular formula is C15H19N5O2S. The molecule has 23 heavy (non-hydrogen) atoms. The van der Waals surface area contributed by atoms with Gasteiger partial charge in [0.1, 0.15) is 6.04 Å².